The van der Waals surface area contributed by atoms with Crippen LogP contribution in [0.3, 0.4) is 0 Å². The van der Waals surface area contributed by atoms with E-state index in [1.165, 1.54) is 4.90 Å². The second-order valence-electron chi connectivity index (χ2n) is 4.11. The molecule has 0 aliphatic rings. The van der Waals surface area contributed by atoms with Crippen molar-refractivity contribution in [2.24, 2.45) is 0 Å². The first-order chi connectivity index (χ1) is 9.22. The number of benzene rings is 1. The van der Waals surface area contributed by atoms with Gasteiger partial charge in [0.2, 0.25) is 0 Å². The second kappa shape index (κ2) is 5.87. The van der Waals surface area contributed by atoms with Crippen molar-refractivity contribution >= 4 is 17.0 Å². The molecule has 1 aromatic heterocycles. The van der Waals surface area contributed by atoms with E-state index in [9.17, 15) is 4.79 Å². The summed E-state index contributed by atoms with van der Waals surface area (Å²) in [5.74, 6) is 0. The van der Waals surface area contributed by atoms with E-state index in [0.29, 0.717) is 30.8 Å². The molecule has 0 saturated heterocycles. The van der Waals surface area contributed by atoms with Crippen molar-refractivity contribution < 1.29 is 9.32 Å². The molecule has 2 aromatic rings. The van der Waals surface area contributed by atoms with Crippen LogP contribution >= 0.6 is 0 Å². The van der Waals surface area contributed by atoms with Crippen LogP contribution < -0.4 is 5.32 Å². The highest BCUT2D eigenvalue weighted by molar-refractivity contribution is 5.80. The molecule has 19 heavy (non-hydrogen) atoms. The highest BCUT2D eigenvalue weighted by atomic mass is 16.5. The Kier molecular flexibility index (Phi) is 3.98. The monoisotopic (exact) mass is 258 g/mol. The number of nitriles is 1. The maximum absolute atomic E-state index is 11.7. The van der Waals surface area contributed by atoms with E-state index in [1.807, 2.05) is 30.3 Å². The number of carbonyl (C=O) groups excluding carboxylic acids is 1. The van der Waals surface area contributed by atoms with Crippen molar-refractivity contribution in [3.05, 3.63) is 30.0 Å². The number of fused-ring (bicyclic) bond motifs is 1. The number of para-hydroxylation sites is 1. The molecule has 98 valence electrons. The lowest BCUT2D eigenvalue weighted by molar-refractivity contribution is 0.209. The molecule has 0 unspecified atom stereocenters. The van der Waals surface area contributed by atoms with Crippen LogP contribution in [0.15, 0.2) is 28.8 Å². The third-order valence-corrected chi connectivity index (χ3v) is 2.76. The second-order valence-corrected chi connectivity index (χ2v) is 4.11. The van der Waals surface area contributed by atoms with Gasteiger partial charge in [-0.05, 0) is 12.1 Å². The lowest BCUT2D eigenvalue weighted by atomic mass is 10.2. The molecule has 6 nitrogen and oxygen atoms in total. The Morgan fingerprint density at radius 3 is 3.11 bits per heavy atom. The zero-order valence-electron chi connectivity index (χ0n) is 10.6. The molecule has 0 aliphatic carbocycles. The van der Waals surface area contributed by atoms with Crippen LogP contribution in [0.4, 0.5) is 4.79 Å². The van der Waals surface area contributed by atoms with E-state index >= 15 is 0 Å². The summed E-state index contributed by atoms with van der Waals surface area (Å²) >= 11 is 0. The zero-order valence-corrected chi connectivity index (χ0v) is 10.6. The highest BCUT2D eigenvalue weighted by Crippen LogP contribution is 2.17. The smallest absolute Gasteiger partial charge is 0.317 e. The predicted octanol–water partition coefficient (Wildman–Crippen LogP) is 1.88. The highest BCUT2D eigenvalue weighted by Gasteiger charge is 2.11. The molecule has 2 amide bonds. The lowest BCUT2D eigenvalue weighted by Crippen LogP contribution is -2.37. The van der Waals surface area contributed by atoms with Crippen molar-refractivity contribution in [2.75, 3.05) is 13.6 Å². The molecule has 0 spiro atoms. The predicted molar refractivity (Wildman–Crippen MR) is 69.1 cm³/mol. The van der Waals surface area contributed by atoms with Crippen LogP contribution in [0.25, 0.3) is 11.0 Å². The normalized spacial score (nSPS) is 10.1. The van der Waals surface area contributed by atoms with Gasteiger partial charge in [-0.3, -0.25) is 0 Å². The van der Waals surface area contributed by atoms with Gasteiger partial charge in [0, 0.05) is 19.0 Å². The zero-order chi connectivity index (χ0) is 13.7. The van der Waals surface area contributed by atoms with E-state index < -0.39 is 0 Å². The Morgan fingerprint density at radius 1 is 1.53 bits per heavy atom. The summed E-state index contributed by atoms with van der Waals surface area (Å²) in [6, 6.07) is 9.25. The number of rotatable bonds is 4. The molecule has 0 fully saturated rings. The van der Waals surface area contributed by atoms with Crippen LogP contribution in [0.2, 0.25) is 0 Å². The Hall–Kier alpha value is -2.55. The van der Waals surface area contributed by atoms with Gasteiger partial charge in [0.25, 0.3) is 0 Å². The van der Waals surface area contributed by atoms with Crippen molar-refractivity contribution in [3.8, 4) is 6.07 Å². The molecular formula is C13H14N4O2. The molecular weight excluding hydrogens is 244 g/mol. The van der Waals surface area contributed by atoms with Gasteiger partial charge in [-0.1, -0.05) is 17.3 Å². The Balaban J connectivity index is 1.95. The molecule has 1 N–H and O–H groups in total. The standard InChI is InChI=1S/C13H14N4O2/c1-17(8-4-7-14)13(18)15-9-11-10-5-2-3-6-12(10)19-16-11/h2-3,5-6H,4,8-9H2,1H3,(H,15,18). The molecule has 0 bridgehead atoms. The maximum atomic E-state index is 11.7. The Morgan fingerprint density at radius 2 is 2.32 bits per heavy atom. The van der Waals surface area contributed by atoms with Crippen molar-refractivity contribution in [1.29, 1.82) is 5.26 Å². The summed E-state index contributed by atoms with van der Waals surface area (Å²) in [6.07, 6.45) is 0.316. The number of urea groups is 1. The fourth-order valence-corrected chi connectivity index (χ4v) is 1.68. The van der Waals surface area contributed by atoms with E-state index in [-0.39, 0.29) is 6.03 Å². The van der Waals surface area contributed by atoms with Crippen LogP contribution in [0.5, 0.6) is 0 Å². The molecule has 6 heteroatoms. The summed E-state index contributed by atoms with van der Waals surface area (Å²) in [5, 5.41) is 16.0. The molecule has 2 rings (SSSR count). The van der Waals surface area contributed by atoms with E-state index in [2.05, 4.69) is 10.5 Å². The number of hydrogen-bond acceptors (Lipinski definition) is 4. The molecule has 1 aromatic carbocycles. The van der Waals surface area contributed by atoms with Crippen LogP contribution in [0.1, 0.15) is 12.1 Å². The average molecular weight is 258 g/mol. The van der Waals surface area contributed by atoms with Crippen molar-refractivity contribution in [1.82, 2.24) is 15.4 Å². The largest absolute Gasteiger partial charge is 0.356 e. The summed E-state index contributed by atoms with van der Waals surface area (Å²) in [6.45, 7) is 0.703. The average Bonchev–Trinajstić information content (AvgIpc) is 2.85. The first-order valence-corrected chi connectivity index (χ1v) is 5.91. The Labute approximate surface area is 110 Å². The maximum Gasteiger partial charge on any atom is 0.317 e. The van der Waals surface area contributed by atoms with Gasteiger partial charge in [0.1, 0.15) is 5.69 Å². The van der Waals surface area contributed by atoms with Crippen molar-refractivity contribution in [3.63, 3.8) is 0 Å². The van der Waals surface area contributed by atoms with E-state index in [4.69, 9.17) is 9.78 Å². The number of aromatic nitrogens is 1. The minimum Gasteiger partial charge on any atom is -0.356 e. The quantitative estimate of drug-likeness (QED) is 0.907. The minimum absolute atomic E-state index is 0.234. The number of nitrogens with one attached hydrogen (secondary N) is 1. The van der Waals surface area contributed by atoms with E-state index in [0.717, 1.165) is 5.39 Å². The number of nitrogens with zero attached hydrogens (tertiary/aromatic N) is 3. The number of amides is 2. The van der Waals surface area contributed by atoms with Gasteiger partial charge < -0.3 is 14.7 Å². The number of carbonyl (C=O) groups is 1. The van der Waals surface area contributed by atoms with Gasteiger partial charge in [-0.2, -0.15) is 5.26 Å². The first-order valence-electron chi connectivity index (χ1n) is 5.91. The van der Waals surface area contributed by atoms with Gasteiger partial charge >= 0.3 is 6.03 Å². The SMILES string of the molecule is CN(CCC#N)C(=O)NCc1noc2ccccc12. The summed E-state index contributed by atoms with van der Waals surface area (Å²) < 4.78 is 5.15. The van der Waals surface area contributed by atoms with Gasteiger partial charge in [-0.25, -0.2) is 4.79 Å². The van der Waals surface area contributed by atoms with Gasteiger partial charge in [-0.15, -0.1) is 0 Å². The minimum atomic E-state index is -0.234. The van der Waals surface area contributed by atoms with E-state index in [1.54, 1.807) is 7.05 Å². The summed E-state index contributed by atoms with van der Waals surface area (Å²) in [4.78, 5) is 13.2. The number of hydrogen-bond donors (Lipinski definition) is 1. The fraction of sp³-hybridized carbons (Fsp3) is 0.308. The van der Waals surface area contributed by atoms with Crippen LogP contribution in [-0.4, -0.2) is 29.7 Å². The Bertz CT molecular complexity index is 614. The third kappa shape index (κ3) is 3.01. The van der Waals surface area contributed by atoms with Crippen LogP contribution in [-0.2, 0) is 6.54 Å². The topological polar surface area (TPSA) is 82.2 Å². The van der Waals surface area contributed by atoms with Gasteiger partial charge in [0.05, 0.1) is 19.0 Å². The van der Waals surface area contributed by atoms with Crippen molar-refractivity contribution in [2.45, 2.75) is 13.0 Å². The molecule has 0 saturated carbocycles. The molecule has 1 heterocycles. The lowest BCUT2D eigenvalue weighted by Gasteiger charge is -2.15. The fourth-order valence-electron chi connectivity index (χ4n) is 1.68. The summed E-state index contributed by atoms with van der Waals surface area (Å²) in [7, 11) is 1.65. The third-order valence-electron chi connectivity index (χ3n) is 2.76. The van der Waals surface area contributed by atoms with Gasteiger partial charge in [0.15, 0.2) is 5.58 Å². The summed E-state index contributed by atoms with van der Waals surface area (Å²) in [5.41, 5.74) is 1.39. The molecule has 0 radical (unpaired) electrons. The first kappa shape index (κ1) is 12.9. The van der Waals surface area contributed by atoms with Crippen LogP contribution in [0, 0.1) is 11.3 Å². The molecule has 0 atom stereocenters. The molecule has 0 aliphatic heterocycles.